The van der Waals surface area contributed by atoms with Crippen molar-refractivity contribution >= 4 is 31.9 Å². The van der Waals surface area contributed by atoms with Crippen LogP contribution in [0.2, 0.25) is 0 Å². The molecule has 2 aromatic carbocycles. The van der Waals surface area contributed by atoms with Crippen LogP contribution in [-0.2, 0) is 0 Å². The number of phenols is 1. The quantitative estimate of drug-likeness (QED) is 0.567. The summed E-state index contributed by atoms with van der Waals surface area (Å²) in [5.74, 6) is 1.05. The van der Waals surface area contributed by atoms with Crippen LogP contribution in [0.5, 0.6) is 34.5 Å². The van der Waals surface area contributed by atoms with Crippen molar-refractivity contribution in [2.75, 3.05) is 28.4 Å². The topological polar surface area (TPSA) is 66.4 Å². The lowest BCUT2D eigenvalue weighted by Gasteiger charge is -2.13. The minimum Gasteiger partial charge on any atom is -0.502 e. The maximum absolute atomic E-state index is 12.1. The first kappa shape index (κ1) is 23.1. The van der Waals surface area contributed by atoms with Gasteiger partial charge in [-0.1, -0.05) is 31.9 Å². The van der Waals surface area contributed by atoms with Gasteiger partial charge in [0.15, 0.2) is 23.0 Å². The average molecular weight is 516 g/mol. The van der Waals surface area contributed by atoms with Crippen molar-refractivity contribution in [3.05, 3.63) is 33.2 Å². The predicted molar refractivity (Wildman–Crippen MR) is 103 cm³/mol. The number of methoxy groups -OCH3 is 4. The molecule has 0 radical (unpaired) electrons. The van der Waals surface area contributed by atoms with Crippen LogP contribution in [0.1, 0.15) is 0 Å². The predicted octanol–water partition coefficient (Wildman–Crippen LogP) is 5.24. The smallest absolute Gasteiger partial charge is 0.387 e. The van der Waals surface area contributed by atoms with Gasteiger partial charge in [-0.2, -0.15) is 8.78 Å². The highest BCUT2D eigenvalue weighted by molar-refractivity contribution is 9.10. The Bertz CT molecular complexity index is 708. The molecule has 6 nitrogen and oxygen atoms in total. The summed E-state index contributed by atoms with van der Waals surface area (Å²) in [6.07, 6.45) is 0. The summed E-state index contributed by atoms with van der Waals surface area (Å²) < 4.78 is 49.6. The van der Waals surface area contributed by atoms with Crippen LogP contribution in [0.4, 0.5) is 8.78 Å². The Balaban J connectivity index is 0.000000277. The minimum atomic E-state index is -2.92. The molecule has 0 fully saturated rings. The SMILES string of the molecule is COc1cc(Br)cc(OC)c1O.COc1cc(Br)cc(OC)c1OC(F)F. The van der Waals surface area contributed by atoms with Crippen molar-refractivity contribution < 1.29 is 37.6 Å². The van der Waals surface area contributed by atoms with Gasteiger partial charge in [0.05, 0.1) is 28.4 Å². The number of hydrogen-bond acceptors (Lipinski definition) is 6. The zero-order chi connectivity index (χ0) is 20.6. The Labute approximate surface area is 172 Å². The van der Waals surface area contributed by atoms with Crippen LogP contribution >= 0.6 is 31.9 Å². The van der Waals surface area contributed by atoms with E-state index in [1.165, 1.54) is 40.6 Å². The molecule has 2 rings (SSSR count). The van der Waals surface area contributed by atoms with Gasteiger partial charge in [0.25, 0.3) is 0 Å². The van der Waals surface area contributed by atoms with Crippen molar-refractivity contribution in [1.82, 2.24) is 0 Å². The Kier molecular flexibility index (Phi) is 9.44. The number of hydrogen-bond donors (Lipinski definition) is 1. The average Bonchev–Trinajstić information content (AvgIpc) is 2.64. The van der Waals surface area contributed by atoms with Gasteiger partial charge in [0.2, 0.25) is 11.5 Å². The van der Waals surface area contributed by atoms with Crippen LogP contribution in [0.15, 0.2) is 33.2 Å². The van der Waals surface area contributed by atoms with E-state index in [2.05, 4.69) is 36.6 Å². The largest absolute Gasteiger partial charge is 0.502 e. The number of alkyl halides is 2. The van der Waals surface area contributed by atoms with Gasteiger partial charge < -0.3 is 28.8 Å². The fraction of sp³-hybridized carbons (Fsp3) is 0.294. The summed E-state index contributed by atoms with van der Waals surface area (Å²) in [6, 6.07) is 6.36. The number of phenolic OH excluding ortho intramolecular Hbond substituents is 1. The molecule has 27 heavy (non-hydrogen) atoms. The third-order valence-electron chi connectivity index (χ3n) is 3.08. The first-order valence-electron chi connectivity index (χ1n) is 7.24. The van der Waals surface area contributed by atoms with Gasteiger partial charge >= 0.3 is 6.61 Å². The fourth-order valence-electron chi connectivity index (χ4n) is 1.91. The molecular formula is C17H18Br2F2O6. The van der Waals surface area contributed by atoms with E-state index in [4.69, 9.17) is 18.9 Å². The number of aromatic hydroxyl groups is 1. The molecule has 0 aliphatic rings. The van der Waals surface area contributed by atoms with Crippen molar-refractivity contribution in [3.8, 4) is 34.5 Å². The highest BCUT2D eigenvalue weighted by Crippen LogP contribution is 2.41. The molecular weight excluding hydrogens is 498 g/mol. The van der Waals surface area contributed by atoms with Crippen LogP contribution in [0.3, 0.4) is 0 Å². The van der Waals surface area contributed by atoms with Crippen molar-refractivity contribution in [2.24, 2.45) is 0 Å². The van der Waals surface area contributed by atoms with E-state index in [9.17, 15) is 13.9 Å². The van der Waals surface area contributed by atoms with Gasteiger partial charge in [0, 0.05) is 8.95 Å². The lowest BCUT2D eigenvalue weighted by atomic mass is 10.3. The second-order valence-electron chi connectivity index (χ2n) is 4.68. The normalized spacial score (nSPS) is 9.96. The molecule has 0 unspecified atom stereocenters. The summed E-state index contributed by atoms with van der Waals surface area (Å²) in [7, 11) is 5.70. The number of rotatable bonds is 6. The Hall–Kier alpha value is -1.94. The number of halogens is 4. The summed E-state index contributed by atoms with van der Waals surface area (Å²) in [4.78, 5) is 0. The molecule has 2 aromatic rings. The lowest BCUT2D eigenvalue weighted by molar-refractivity contribution is -0.0526. The Morgan fingerprint density at radius 2 is 1.07 bits per heavy atom. The van der Waals surface area contributed by atoms with Gasteiger partial charge in [-0.15, -0.1) is 0 Å². The van der Waals surface area contributed by atoms with E-state index in [0.717, 1.165) is 4.47 Å². The maximum Gasteiger partial charge on any atom is 0.387 e. The van der Waals surface area contributed by atoms with Gasteiger partial charge in [-0.05, 0) is 24.3 Å². The maximum atomic E-state index is 12.1. The molecule has 0 saturated carbocycles. The first-order valence-corrected chi connectivity index (χ1v) is 8.82. The Morgan fingerprint density at radius 3 is 1.37 bits per heavy atom. The van der Waals surface area contributed by atoms with Crippen molar-refractivity contribution in [1.29, 1.82) is 0 Å². The van der Waals surface area contributed by atoms with Crippen molar-refractivity contribution in [3.63, 3.8) is 0 Å². The monoisotopic (exact) mass is 514 g/mol. The lowest BCUT2D eigenvalue weighted by Crippen LogP contribution is -2.05. The standard InChI is InChI=1S/C9H9BrF2O3.C8H9BrO3/c1-13-6-3-5(10)4-7(14-2)8(6)15-9(11)12;1-11-6-3-5(9)4-7(12-2)8(6)10/h3-4,9H,1-2H3;3-4,10H,1-2H3. The first-order chi connectivity index (χ1) is 12.8. The summed E-state index contributed by atoms with van der Waals surface area (Å²) in [5, 5.41) is 9.44. The van der Waals surface area contributed by atoms with E-state index < -0.39 is 6.61 Å². The highest BCUT2D eigenvalue weighted by atomic mass is 79.9. The Morgan fingerprint density at radius 1 is 0.741 bits per heavy atom. The third-order valence-corrected chi connectivity index (χ3v) is 3.99. The van der Waals surface area contributed by atoms with E-state index in [0.29, 0.717) is 16.0 Å². The molecule has 1 N–H and O–H groups in total. The summed E-state index contributed by atoms with van der Waals surface area (Å²) >= 11 is 6.45. The molecule has 0 aliphatic heterocycles. The minimum absolute atomic E-state index is 0.0169. The van der Waals surface area contributed by atoms with Crippen LogP contribution in [-0.4, -0.2) is 40.2 Å². The third kappa shape index (κ3) is 6.62. The van der Waals surface area contributed by atoms with E-state index in [1.54, 1.807) is 12.1 Å². The van der Waals surface area contributed by atoms with Gasteiger partial charge in [-0.25, -0.2) is 0 Å². The molecule has 10 heteroatoms. The molecule has 0 bridgehead atoms. The van der Waals surface area contributed by atoms with E-state index in [1.807, 2.05) is 0 Å². The fourth-order valence-corrected chi connectivity index (χ4v) is 2.75. The molecule has 150 valence electrons. The molecule has 0 spiro atoms. The molecule has 0 aliphatic carbocycles. The second kappa shape index (κ2) is 11.0. The second-order valence-corrected chi connectivity index (χ2v) is 6.51. The molecule has 0 aromatic heterocycles. The summed E-state index contributed by atoms with van der Waals surface area (Å²) in [6.45, 7) is -2.92. The highest BCUT2D eigenvalue weighted by Gasteiger charge is 2.17. The van der Waals surface area contributed by atoms with Crippen LogP contribution < -0.4 is 23.7 Å². The molecule has 0 amide bonds. The number of benzene rings is 2. The van der Waals surface area contributed by atoms with E-state index >= 15 is 0 Å². The number of ether oxygens (including phenoxy) is 5. The van der Waals surface area contributed by atoms with Gasteiger partial charge in [-0.3, -0.25) is 0 Å². The van der Waals surface area contributed by atoms with Gasteiger partial charge in [0.1, 0.15) is 0 Å². The molecule has 0 heterocycles. The van der Waals surface area contributed by atoms with Crippen LogP contribution in [0, 0.1) is 0 Å². The van der Waals surface area contributed by atoms with E-state index in [-0.39, 0.29) is 23.0 Å². The summed E-state index contributed by atoms with van der Waals surface area (Å²) in [5.41, 5.74) is 0. The molecule has 0 atom stereocenters. The molecule has 0 saturated heterocycles. The zero-order valence-corrected chi connectivity index (χ0v) is 18.1. The van der Waals surface area contributed by atoms with Crippen LogP contribution in [0.25, 0.3) is 0 Å². The van der Waals surface area contributed by atoms with Crippen molar-refractivity contribution in [2.45, 2.75) is 6.61 Å². The zero-order valence-electron chi connectivity index (χ0n) is 14.9.